The van der Waals surface area contributed by atoms with Gasteiger partial charge in [-0.3, -0.25) is 0 Å². The van der Waals surface area contributed by atoms with Gasteiger partial charge in [-0.25, -0.2) is 4.79 Å². The molecule has 20 heavy (non-hydrogen) atoms. The molecule has 0 saturated carbocycles. The van der Waals surface area contributed by atoms with Gasteiger partial charge in [0.25, 0.3) is 0 Å². The highest BCUT2D eigenvalue weighted by Crippen LogP contribution is 2.36. The molecular formula is C15H32O4Si. The van der Waals surface area contributed by atoms with Gasteiger partial charge in [0.15, 0.2) is 14.4 Å². The van der Waals surface area contributed by atoms with E-state index in [1.807, 2.05) is 0 Å². The summed E-state index contributed by atoms with van der Waals surface area (Å²) in [5.41, 5.74) is -0.560. The number of aliphatic hydroxyl groups is 1. The average Bonchev–Trinajstić information content (AvgIpc) is 2.19. The molecular weight excluding hydrogens is 272 g/mol. The number of carbonyl (C=O) groups excluding carboxylic acids is 1. The number of carbonyl (C=O) groups is 1. The molecule has 4 nitrogen and oxygen atoms in total. The maximum absolute atomic E-state index is 11.6. The second-order valence-corrected chi connectivity index (χ2v) is 12.6. The number of esters is 1. The van der Waals surface area contributed by atoms with Gasteiger partial charge in [0.1, 0.15) is 5.60 Å². The Morgan fingerprint density at radius 2 is 1.65 bits per heavy atom. The molecule has 0 unspecified atom stereocenters. The van der Waals surface area contributed by atoms with Crippen LogP contribution in [0.2, 0.25) is 18.1 Å². The van der Waals surface area contributed by atoms with E-state index in [2.05, 4.69) is 33.9 Å². The quantitative estimate of drug-likeness (QED) is 0.463. The highest BCUT2D eigenvalue weighted by Gasteiger charge is 2.36. The predicted molar refractivity (Wildman–Crippen MR) is 84.2 cm³/mol. The molecule has 0 bridgehead atoms. The van der Waals surface area contributed by atoms with Crippen molar-refractivity contribution in [3.63, 3.8) is 0 Å². The summed E-state index contributed by atoms with van der Waals surface area (Å²) >= 11 is 0. The van der Waals surface area contributed by atoms with Gasteiger partial charge in [0.2, 0.25) is 0 Å². The van der Waals surface area contributed by atoms with E-state index in [1.54, 1.807) is 20.8 Å². The Labute approximate surface area is 125 Å². The number of hydrogen-bond acceptors (Lipinski definition) is 4. The lowest BCUT2D eigenvalue weighted by molar-refractivity contribution is -0.165. The van der Waals surface area contributed by atoms with Crippen molar-refractivity contribution in [3.05, 3.63) is 0 Å². The van der Waals surface area contributed by atoms with Crippen molar-refractivity contribution in [2.75, 3.05) is 6.61 Å². The predicted octanol–water partition coefficient (Wildman–Crippen LogP) is 3.49. The van der Waals surface area contributed by atoms with Crippen molar-refractivity contribution in [1.82, 2.24) is 0 Å². The van der Waals surface area contributed by atoms with Gasteiger partial charge in [-0.2, -0.15) is 0 Å². The Kier molecular flexibility index (Phi) is 6.91. The highest BCUT2D eigenvalue weighted by molar-refractivity contribution is 6.74. The lowest BCUT2D eigenvalue weighted by atomic mass is 10.1. The molecule has 0 spiro atoms. The Morgan fingerprint density at radius 1 is 1.15 bits per heavy atom. The van der Waals surface area contributed by atoms with E-state index in [9.17, 15) is 9.90 Å². The molecule has 5 heteroatoms. The molecule has 0 aromatic rings. The van der Waals surface area contributed by atoms with Crippen molar-refractivity contribution < 1.29 is 19.1 Å². The van der Waals surface area contributed by atoms with Crippen molar-refractivity contribution in [2.24, 2.45) is 0 Å². The summed E-state index contributed by atoms with van der Waals surface area (Å²) in [4.78, 5) is 11.6. The summed E-state index contributed by atoms with van der Waals surface area (Å²) in [6.07, 6.45) is -0.0200. The smallest absolute Gasteiger partial charge is 0.335 e. The molecule has 0 radical (unpaired) electrons. The lowest BCUT2D eigenvalue weighted by Gasteiger charge is -2.36. The number of aliphatic hydroxyl groups excluding tert-OH is 1. The average molecular weight is 305 g/mol. The fraction of sp³-hybridized carbons (Fsp3) is 0.933. The summed E-state index contributed by atoms with van der Waals surface area (Å²) in [6.45, 7) is 16.9. The van der Waals surface area contributed by atoms with E-state index < -0.39 is 26.0 Å². The second kappa shape index (κ2) is 7.05. The summed E-state index contributed by atoms with van der Waals surface area (Å²) in [5.74, 6) is -0.551. The van der Waals surface area contributed by atoms with Gasteiger partial charge in [-0.05, 0) is 51.7 Å². The topological polar surface area (TPSA) is 55.8 Å². The molecule has 1 atom stereocenters. The molecule has 0 aliphatic heterocycles. The molecule has 0 saturated heterocycles. The van der Waals surface area contributed by atoms with E-state index in [4.69, 9.17) is 9.16 Å². The fourth-order valence-corrected chi connectivity index (χ4v) is 2.40. The molecule has 0 rings (SSSR count). The van der Waals surface area contributed by atoms with Crippen LogP contribution in [0.25, 0.3) is 0 Å². The third-order valence-electron chi connectivity index (χ3n) is 3.57. The molecule has 0 aromatic carbocycles. The number of rotatable bonds is 6. The highest BCUT2D eigenvalue weighted by atomic mass is 28.4. The van der Waals surface area contributed by atoms with Crippen LogP contribution in [0.5, 0.6) is 0 Å². The number of hydrogen-bond donors (Lipinski definition) is 1. The van der Waals surface area contributed by atoms with Crippen LogP contribution in [-0.2, 0) is 14.0 Å². The first kappa shape index (κ1) is 19.6. The van der Waals surface area contributed by atoms with E-state index in [0.29, 0.717) is 19.4 Å². The largest absolute Gasteiger partial charge is 0.458 e. The normalized spacial score (nSPS) is 15.1. The lowest BCUT2D eigenvalue weighted by Crippen LogP contribution is -2.41. The van der Waals surface area contributed by atoms with Crippen LogP contribution in [0, 0.1) is 0 Å². The molecule has 0 aromatic heterocycles. The maximum atomic E-state index is 11.6. The summed E-state index contributed by atoms with van der Waals surface area (Å²) in [7, 11) is -1.74. The fourth-order valence-electron chi connectivity index (χ4n) is 1.31. The SMILES string of the molecule is CC(C)(C)OC(=O)[C@@H](O)CCCO[Si](C)(C)C(C)(C)C. The summed E-state index contributed by atoms with van der Waals surface area (Å²) in [6, 6.07) is 0. The van der Waals surface area contributed by atoms with Gasteiger partial charge in [-0.15, -0.1) is 0 Å². The van der Waals surface area contributed by atoms with Gasteiger partial charge in [-0.1, -0.05) is 20.8 Å². The molecule has 0 heterocycles. The Balaban J connectivity index is 4.05. The summed E-state index contributed by atoms with van der Waals surface area (Å²) in [5, 5.41) is 9.93. The Morgan fingerprint density at radius 3 is 2.05 bits per heavy atom. The standard InChI is InChI=1S/C15H32O4Si/c1-14(2,3)19-13(17)12(16)10-9-11-18-20(7,8)15(4,5)6/h12,16H,9-11H2,1-8H3/t12-/m0/s1. The first-order chi connectivity index (χ1) is 8.76. The van der Waals surface area contributed by atoms with E-state index >= 15 is 0 Å². The first-order valence-electron chi connectivity index (χ1n) is 7.31. The number of ether oxygens (including phenoxy) is 1. The van der Waals surface area contributed by atoms with Gasteiger partial charge >= 0.3 is 5.97 Å². The summed E-state index contributed by atoms with van der Waals surface area (Å²) < 4.78 is 11.1. The van der Waals surface area contributed by atoms with Crippen LogP contribution in [0.1, 0.15) is 54.4 Å². The van der Waals surface area contributed by atoms with E-state index in [0.717, 1.165) is 0 Å². The van der Waals surface area contributed by atoms with Crippen molar-refractivity contribution >= 4 is 14.3 Å². The Bertz CT molecular complexity index is 313. The molecule has 0 aliphatic carbocycles. The molecule has 0 fully saturated rings. The van der Waals surface area contributed by atoms with Crippen LogP contribution >= 0.6 is 0 Å². The van der Waals surface area contributed by atoms with E-state index in [1.165, 1.54) is 0 Å². The zero-order valence-electron chi connectivity index (χ0n) is 14.4. The molecule has 0 amide bonds. The van der Waals surface area contributed by atoms with Gasteiger partial charge in [0, 0.05) is 6.61 Å². The van der Waals surface area contributed by atoms with Crippen molar-refractivity contribution in [3.8, 4) is 0 Å². The van der Waals surface area contributed by atoms with Crippen LogP contribution in [0.15, 0.2) is 0 Å². The minimum Gasteiger partial charge on any atom is -0.458 e. The van der Waals surface area contributed by atoms with Crippen LogP contribution < -0.4 is 0 Å². The monoisotopic (exact) mass is 304 g/mol. The zero-order valence-corrected chi connectivity index (χ0v) is 15.4. The third-order valence-corrected chi connectivity index (χ3v) is 8.11. The van der Waals surface area contributed by atoms with Crippen LogP contribution in [0.4, 0.5) is 0 Å². The van der Waals surface area contributed by atoms with Gasteiger partial charge in [0.05, 0.1) is 0 Å². The minimum absolute atomic E-state index is 0.177. The minimum atomic E-state index is -1.74. The molecule has 1 N–H and O–H groups in total. The van der Waals surface area contributed by atoms with Gasteiger partial charge < -0.3 is 14.3 Å². The van der Waals surface area contributed by atoms with Crippen LogP contribution in [-0.4, -0.2) is 37.7 Å². The molecule has 0 aliphatic rings. The van der Waals surface area contributed by atoms with Crippen LogP contribution in [0.3, 0.4) is 0 Å². The Hall–Kier alpha value is -0.393. The molecule has 120 valence electrons. The first-order valence-corrected chi connectivity index (χ1v) is 10.2. The van der Waals surface area contributed by atoms with E-state index in [-0.39, 0.29) is 5.04 Å². The maximum Gasteiger partial charge on any atom is 0.335 e. The second-order valence-electron chi connectivity index (χ2n) is 7.80. The van der Waals surface area contributed by atoms with Crippen molar-refractivity contribution in [2.45, 2.75) is 84.2 Å². The zero-order chi connectivity index (χ0) is 16.2. The van der Waals surface area contributed by atoms with Crippen molar-refractivity contribution in [1.29, 1.82) is 0 Å². The third kappa shape index (κ3) is 7.41.